The zero-order valence-electron chi connectivity index (χ0n) is 14.0. The Balaban J connectivity index is 1.50. The molecule has 0 bridgehead atoms. The third-order valence-corrected chi connectivity index (χ3v) is 4.20. The second-order valence-electron chi connectivity index (χ2n) is 5.71. The lowest BCUT2D eigenvalue weighted by Crippen LogP contribution is -2.53. The van der Waals surface area contributed by atoms with E-state index in [1.54, 1.807) is 12.3 Å². The van der Waals surface area contributed by atoms with Gasteiger partial charge in [-0.3, -0.25) is 9.67 Å². The van der Waals surface area contributed by atoms with Crippen molar-refractivity contribution in [1.82, 2.24) is 20.0 Å². The molecule has 1 aliphatic rings. The van der Waals surface area contributed by atoms with Gasteiger partial charge in [0.15, 0.2) is 5.96 Å². The van der Waals surface area contributed by atoms with Gasteiger partial charge < -0.3 is 20.2 Å². The van der Waals surface area contributed by atoms with Crippen molar-refractivity contribution in [1.29, 1.82) is 0 Å². The number of nitrogens with one attached hydrogen (secondary N) is 1. The predicted octanol–water partition coefficient (Wildman–Crippen LogP) is 0.986. The number of hydrogen-bond donors (Lipinski definition) is 2. The van der Waals surface area contributed by atoms with Crippen LogP contribution in [0.1, 0.15) is 0 Å². The Bertz CT molecular complexity index is 661. The number of aromatic nitrogens is 2. The van der Waals surface area contributed by atoms with Crippen molar-refractivity contribution in [3.05, 3.63) is 42.7 Å². The summed E-state index contributed by atoms with van der Waals surface area (Å²) in [7, 11) is 1.81. The molecule has 1 aromatic heterocycles. The lowest BCUT2D eigenvalue weighted by Gasteiger charge is -2.37. The minimum atomic E-state index is 0.340. The summed E-state index contributed by atoms with van der Waals surface area (Å²) in [4.78, 5) is 8.84. The van der Waals surface area contributed by atoms with E-state index in [1.807, 2.05) is 42.2 Å². The van der Waals surface area contributed by atoms with E-state index >= 15 is 0 Å². The zero-order chi connectivity index (χ0) is 16.8. The van der Waals surface area contributed by atoms with Crippen LogP contribution in [0, 0.1) is 0 Å². The third-order valence-electron chi connectivity index (χ3n) is 4.20. The molecule has 1 aliphatic heterocycles. The number of phenols is 1. The number of para-hydroxylation sites is 2. The third kappa shape index (κ3) is 3.79. The molecule has 1 aromatic carbocycles. The SMILES string of the molecule is CN=C(NCCn1cccn1)N1CCN(c2ccccc2O)CC1. The molecule has 0 radical (unpaired) electrons. The van der Waals surface area contributed by atoms with E-state index in [-0.39, 0.29) is 0 Å². The maximum Gasteiger partial charge on any atom is 0.193 e. The minimum Gasteiger partial charge on any atom is -0.506 e. The Hall–Kier alpha value is -2.70. The molecule has 1 fully saturated rings. The highest BCUT2D eigenvalue weighted by molar-refractivity contribution is 5.80. The minimum absolute atomic E-state index is 0.340. The van der Waals surface area contributed by atoms with Crippen molar-refractivity contribution >= 4 is 11.6 Å². The molecule has 0 aliphatic carbocycles. The molecule has 0 atom stereocenters. The monoisotopic (exact) mass is 328 g/mol. The van der Waals surface area contributed by atoms with Gasteiger partial charge in [-0.15, -0.1) is 0 Å². The summed E-state index contributed by atoms with van der Waals surface area (Å²) in [5, 5.41) is 17.6. The lowest BCUT2D eigenvalue weighted by atomic mass is 10.2. The van der Waals surface area contributed by atoms with Crippen LogP contribution < -0.4 is 10.2 Å². The van der Waals surface area contributed by atoms with Gasteiger partial charge in [0, 0.05) is 52.2 Å². The van der Waals surface area contributed by atoms with E-state index in [2.05, 4.69) is 25.2 Å². The molecule has 128 valence electrons. The van der Waals surface area contributed by atoms with Gasteiger partial charge in [0.05, 0.1) is 12.2 Å². The number of aliphatic imine (C=N–C) groups is 1. The standard InChI is InChI=1S/C17H24N6O/c1-18-17(19-8-10-23-9-4-7-20-23)22-13-11-21(12-14-22)15-5-2-3-6-16(15)24/h2-7,9,24H,8,10-14H2,1H3,(H,18,19). The van der Waals surface area contributed by atoms with Crippen LogP contribution in [0.2, 0.25) is 0 Å². The Morgan fingerprint density at radius 2 is 2.00 bits per heavy atom. The van der Waals surface area contributed by atoms with Crippen molar-refractivity contribution in [3.63, 3.8) is 0 Å². The second kappa shape index (κ2) is 7.72. The normalized spacial score (nSPS) is 15.6. The summed E-state index contributed by atoms with van der Waals surface area (Å²) in [5.74, 6) is 1.26. The van der Waals surface area contributed by atoms with E-state index in [1.165, 1.54) is 0 Å². The first-order chi connectivity index (χ1) is 11.8. The molecule has 3 rings (SSSR count). The van der Waals surface area contributed by atoms with E-state index in [0.717, 1.165) is 50.9 Å². The summed E-state index contributed by atoms with van der Waals surface area (Å²) in [6.07, 6.45) is 3.74. The topological polar surface area (TPSA) is 68.9 Å². The predicted molar refractivity (Wildman–Crippen MR) is 95.5 cm³/mol. The Labute approximate surface area is 142 Å². The Kier molecular flexibility index (Phi) is 5.20. The van der Waals surface area contributed by atoms with Gasteiger partial charge in [0.25, 0.3) is 0 Å². The fourth-order valence-corrected chi connectivity index (χ4v) is 2.94. The summed E-state index contributed by atoms with van der Waals surface area (Å²) in [5.41, 5.74) is 0.902. The average molecular weight is 328 g/mol. The Morgan fingerprint density at radius 3 is 2.67 bits per heavy atom. The van der Waals surface area contributed by atoms with Gasteiger partial charge >= 0.3 is 0 Å². The molecular formula is C17H24N6O. The van der Waals surface area contributed by atoms with Gasteiger partial charge in [-0.2, -0.15) is 5.10 Å². The maximum atomic E-state index is 9.99. The molecule has 1 saturated heterocycles. The molecule has 7 nitrogen and oxygen atoms in total. The summed E-state index contributed by atoms with van der Waals surface area (Å²) in [6, 6.07) is 9.42. The molecule has 7 heteroatoms. The largest absolute Gasteiger partial charge is 0.506 e. The highest BCUT2D eigenvalue weighted by Crippen LogP contribution is 2.27. The van der Waals surface area contributed by atoms with E-state index < -0.39 is 0 Å². The van der Waals surface area contributed by atoms with Crippen LogP contribution in [0.15, 0.2) is 47.7 Å². The smallest absolute Gasteiger partial charge is 0.193 e. The van der Waals surface area contributed by atoms with E-state index in [9.17, 15) is 5.11 Å². The first kappa shape index (κ1) is 16.2. The van der Waals surface area contributed by atoms with Crippen LogP contribution in [-0.2, 0) is 6.54 Å². The number of piperazine rings is 1. The number of aromatic hydroxyl groups is 1. The number of guanidine groups is 1. The Morgan fingerprint density at radius 1 is 1.21 bits per heavy atom. The fourth-order valence-electron chi connectivity index (χ4n) is 2.94. The number of benzene rings is 1. The van der Waals surface area contributed by atoms with Crippen LogP contribution in [0.3, 0.4) is 0 Å². The van der Waals surface area contributed by atoms with Crippen LogP contribution in [-0.4, -0.2) is 65.5 Å². The number of anilines is 1. The molecule has 0 saturated carbocycles. The molecule has 2 heterocycles. The first-order valence-corrected chi connectivity index (χ1v) is 8.24. The quantitative estimate of drug-likeness (QED) is 0.647. The van der Waals surface area contributed by atoms with E-state index in [4.69, 9.17) is 0 Å². The number of hydrogen-bond acceptors (Lipinski definition) is 4. The summed E-state index contributed by atoms with van der Waals surface area (Å²) in [6.45, 7) is 5.05. The van der Waals surface area contributed by atoms with Crippen molar-refractivity contribution < 1.29 is 5.11 Å². The van der Waals surface area contributed by atoms with Crippen molar-refractivity contribution in [2.75, 3.05) is 44.7 Å². The number of rotatable bonds is 4. The summed E-state index contributed by atoms with van der Waals surface area (Å²) >= 11 is 0. The molecular weight excluding hydrogens is 304 g/mol. The molecule has 2 aromatic rings. The molecule has 24 heavy (non-hydrogen) atoms. The summed E-state index contributed by atoms with van der Waals surface area (Å²) < 4.78 is 1.90. The van der Waals surface area contributed by atoms with Crippen molar-refractivity contribution in [3.8, 4) is 5.75 Å². The highest BCUT2D eigenvalue weighted by atomic mass is 16.3. The van der Waals surface area contributed by atoms with Crippen molar-refractivity contribution in [2.45, 2.75) is 6.54 Å². The second-order valence-corrected chi connectivity index (χ2v) is 5.71. The number of phenolic OH excluding ortho intramolecular Hbond substituents is 1. The van der Waals surface area contributed by atoms with Gasteiger partial charge in [-0.05, 0) is 18.2 Å². The number of nitrogens with zero attached hydrogens (tertiary/aromatic N) is 5. The zero-order valence-corrected chi connectivity index (χ0v) is 14.0. The van der Waals surface area contributed by atoms with Crippen LogP contribution in [0.4, 0.5) is 5.69 Å². The van der Waals surface area contributed by atoms with Gasteiger partial charge in [-0.25, -0.2) is 0 Å². The maximum absolute atomic E-state index is 9.99. The van der Waals surface area contributed by atoms with Crippen LogP contribution >= 0.6 is 0 Å². The average Bonchev–Trinajstić information content (AvgIpc) is 3.13. The van der Waals surface area contributed by atoms with Gasteiger partial charge in [0.2, 0.25) is 0 Å². The fraction of sp³-hybridized carbons (Fsp3) is 0.412. The highest BCUT2D eigenvalue weighted by Gasteiger charge is 2.21. The molecule has 0 spiro atoms. The van der Waals surface area contributed by atoms with Crippen LogP contribution in [0.5, 0.6) is 5.75 Å². The van der Waals surface area contributed by atoms with Gasteiger partial charge in [0.1, 0.15) is 5.75 Å². The van der Waals surface area contributed by atoms with Crippen LogP contribution in [0.25, 0.3) is 0 Å². The van der Waals surface area contributed by atoms with E-state index in [0.29, 0.717) is 5.75 Å². The molecule has 2 N–H and O–H groups in total. The first-order valence-electron chi connectivity index (χ1n) is 8.24. The van der Waals surface area contributed by atoms with Crippen molar-refractivity contribution in [2.24, 2.45) is 4.99 Å². The lowest BCUT2D eigenvalue weighted by molar-refractivity contribution is 0.368. The van der Waals surface area contributed by atoms with Gasteiger partial charge in [-0.1, -0.05) is 12.1 Å². The molecule has 0 amide bonds. The molecule has 0 unspecified atom stereocenters.